The summed E-state index contributed by atoms with van der Waals surface area (Å²) in [7, 11) is 5.24. The van der Waals surface area contributed by atoms with E-state index in [4.69, 9.17) is 22.0 Å². The number of nitrogens with two attached hydrogens (primary N) is 3. The van der Waals surface area contributed by atoms with E-state index in [1.807, 2.05) is 59.0 Å². The number of hydrogen-bond acceptors (Lipinski definition) is 10. The fourth-order valence-electron chi connectivity index (χ4n) is 3.13. The van der Waals surface area contributed by atoms with Crippen LogP contribution < -0.4 is 27.9 Å². The zero-order valence-electron chi connectivity index (χ0n) is 21.3. The van der Waals surface area contributed by atoms with E-state index in [9.17, 15) is 0 Å². The van der Waals surface area contributed by atoms with E-state index in [0.717, 1.165) is 16.3 Å². The van der Waals surface area contributed by atoms with Gasteiger partial charge in [0.15, 0.2) is 0 Å². The number of likely N-dealkylation sites (N-methyl/N-ethyl adjacent to an activating group) is 1. The highest BCUT2D eigenvalue weighted by molar-refractivity contribution is 5.93. The molecule has 0 bridgehead atoms. The Bertz CT molecular complexity index is 1050. The molecule has 0 amide bonds. The largest absolute Gasteiger partial charge is 0.403 e. The fourth-order valence-corrected chi connectivity index (χ4v) is 3.13. The van der Waals surface area contributed by atoms with Gasteiger partial charge in [-0.15, -0.1) is 0 Å². The molecule has 34 heavy (non-hydrogen) atoms. The van der Waals surface area contributed by atoms with Crippen LogP contribution in [-0.4, -0.2) is 47.8 Å². The van der Waals surface area contributed by atoms with Crippen LogP contribution >= 0.6 is 0 Å². The summed E-state index contributed by atoms with van der Waals surface area (Å²) in [6, 6.07) is 7.70. The molecular formula is C24H39N9O. The minimum atomic E-state index is 0.0614. The summed E-state index contributed by atoms with van der Waals surface area (Å²) < 4.78 is 5.26. The van der Waals surface area contributed by atoms with Gasteiger partial charge in [-0.2, -0.15) is 0 Å². The van der Waals surface area contributed by atoms with Gasteiger partial charge in [-0.3, -0.25) is 0 Å². The SMILES string of the molecule is CC.CC.CNC(COC)c1ccnc(Nc2cc3cc(/C(=C/N)N(C)N)nc(N)c3cn2)c1. The lowest BCUT2D eigenvalue weighted by atomic mass is 10.1. The summed E-state index contributed by atoms with van der Waals surface area (Å²) in [6.45, 7) is 8.55. The van der Waals surface area contributed by atoms with Crippen molar-refractivity contribution in [2.45, 2.75) is 33.7 Å². The third-order valence-electron chi connectivity index (χ3n) is 4.67. The van der Waals surface area contributed by atoms with Crippen molar-refractivity contribution in [1.29, 1.82) is 0 Å². The minimum absolute atomic E-state index is 0.0614. The third-order valence-corrected chi connectivity index (χ3v) is 4.67. The van der Waals surface area contributed by atoms with E-state index in [1.165, 1.54) is 11.2 Å². The van der Waals surface area contributed by atoms with Crippen molar-refractivity contribution in [2.75, 3.05) is 38.9 Å². The topological polar surface area (TPSA) is 153 Å². The van der Waals surface area contributed by atoms with Crippen LogP contribution in [-0.2, 0) is 4.74 Å². The smallest absolute Gasteiger partial charge is 0.133 e. The lowest BCUT2D eigenvalue weighted by Gasteiger charge is -2.17. The third kappa shape index (κ3) is 7.27. The van der Waals surface area contributed by atoms with E-state index >= 15 is 0 Å². The number of aromatic nitrogens is 3. The number of rotatable bonds is 8. The molecule has 3 aromatic heterocycles. The van der Waals surface area contributed by atoms with Crippen LogP contribution in [0.3, 0.4) is 0 Å². The predicted molar refractivity (Wildman–Crippen MR) is 142 cm³/mol. The normalized spacial score (nSPS) is 11.6. The Balaban J connectivity index is 0.00000137. The molecule has 1 atom stereocenters. The summed E-state index contributed by atoms with van der Waals surface area (Å²) in [5, 5.41) is 9.43. The van der Waals surface area contributed by atoms with E-state index < -0.39 is 0 Å². The van der Waals surface area contributed by atoms with E-state index in [1.54, 1.807) is 26.6 Å². The molecule has 3 aromatic rings. The van der Waals surface area contributed by atoms with Gasteiger partial charge >= 0.3 is 0 Å². The molecule has 0 fully saturated rings. The monoisotopic (exact) mass is 469 g/mol. The fraction of sp³-hybridized carbons (Fsp3) is 0.375. The highest BCUT2D eigenvalue weighted by atomic mass is 16.5. The van der Waals surface area contributed by atoms with Crippen LogP contribution in [0.2, 0.25) is 0 Å². The van der Waals surface area contributed by atoms with E-state index in [0.29, 0.717) is 35.5 Å². The van der Waals surface area contributed by atoms with Gasteiger partial charge < -0.3 is 31.8 Å². The second kappa shape index (κ2) is 14.6. The molecule has 0 saturated heterocycles. The minimum Gasteiger partial charge on any atom is -0.403 e. The number of nitrogen functional groups attached to an aromatic ring is 1. The van der Waals surface area contributed by atoms with Gasteiger partial charge in [0.2, 0.25) is 0 Å². The zero-order valence-corrected chi connectivity index (χ0v) is 21.3. The second-order valence-electron chi connectivity index (χ2n) is 6.74. The van der Waals surface area contributed by atoms with Gasteiger partial charge in [-0.25, -0.2) is 20.8 Å². The Hall–Kier alpha value is -3.47. The van der Waals surface area contributed by atoms with E-state index in [2.05, 4.69) is 25.6 Å². The van der Waals surface area contributed by atoms with Crippen molar-refractivity contribution in [3.63, 3.8) is 0 Å². The van der Waals surface area contributed by atoms with Crippen LogP contribution in [0.4, 0.5) is 17.5 Å². The van der Waals surface area contributed by atoms with Gasteiger partial charge in [0.05, 0.1) is 24.0 Å². The zero-order chi connectivity index (χ0) is 25.7. The first kappa shape index (κ1) is 28.6. The van der Waals surface area contributed by atoms with Crippen LogP contribution in [0, 0.1) is 0 Å². The molecule has 0 aromatic carbocycles. The van der Waals surface area contributed by atoms with Gasteiger partial charge in [0.1, 0.15) is 17.5 Å². The summed E-state index contributed by atoms with van der Waals surface area (Å²) in [5.74, 6) is 7.47. The average molecular weight is 470 g/mol. The lowest BCUT2D eigenvalue weighted by Crippen LogP contribution is -2.25. The summed E-state index contributed by atoms with van der Waals surface area (Å²) in [4.78, 5) is 13.2. The van der Waals surface area contributed by atoms with Crippen molar-refractivity contribution < 1.29 is 4.74 Å². The Morgan fingerprint density at radius 1 is 1.15 bits per heavy atom. The molecule has 10 nitrogen and oxygen atoms in total. The molecule has 0 aliphatic rings. The molecule has 0 aliphatic carbocycles. The van der Waals surface area contributed by atoms with Gasteiger partial charge in [0, 0.05) is 38.1 Å². The van der Waals surface area contributed by atoms with Gasteiger partial charge in [-0.05, 0) is 42.3 Å². The van der Waals surface area contributed by atoms with Crippen LogP contribution in [0.25, 0.3) is 16.5 Å². The first-order valence-electron chi connectivity index (χ1n) is 11.3. The summed E-state index contributed by atoms with van der Waals surface area (Å²) >= 11 is 0. The molecule has 3 heterocycles. The Labute approximate surface area is 202 Å². The number of fused-ring (bicyclic) bond motifs is 1. The standard InChI is InChI=1S/C20H27N9O.2C2H6/c1-24-16(11-30-3)12-4-5-25-18(7-12)28-19-8-13-6-15(17(9-21)29(2)23)27-20(22)14(13)10-26-19;2*1-2/h4-10,16,24H,11,21,23H2,1-3H3,(H2,22,27)(H,25,26,28);2*1-2H3/b17-9-;;. The quantitative estimate of drug-likeness (QED) is 0.245. The van der Waals surface area contributed by atoms with Gasteiger partial charge in [0.25, 0.3) is 0 Å². The number of hydrogen-bond donors (Lipinski definition) is 5. The van der Waals surface area contributed by atoms with Crippen LogP contribution in [0.5, 0.6) is 0 Å². The number of anilines is 3. The molecule has 1 unspecified atom stereocenters. The maximum absolute atomic E-state index is 6.12. The van der Waals surface area contributed by atoms with Crippen LogP contribution in [0.15, 0.2) is 42.9 Å². The molecule has 0 saturated carbocycles. The number of hydrazine groups is 1. The highest BCUT2D eigenvalue weighted by Crippen LogP contribution is 2.26. The molecule has 10 heteroatoms. The summed E-state index contributed by atoms with van der Waals surface area (Å²) in [5.41, 5.74) is 14.0. The molecule has 8 N–H and O–H groups in total. The number of nitrogens with zero attached hydrogens (tertiary/aromatic N) is 4. The van der Waals surface area contributed by atoms with E-state index in [-0.39, 0.29) is 6.04 Å². The maximum Gasteiger partial charge on any atom is 0.133 e. The second-order valence-corrected chi connectivity index (χ2v) is 6.74. The molecule has 0 radical (unpaired) electrons. The number of ether oxygens (including phenoxy) is 1. The van der Waals surface area contributed by atoms with Crippen molar-refractivity contribution in [2.24, 2.45) is 11.6 Å². The first-order chi connectivity index (χ1) is 16.5. The number of methoxy groups -OCH3 is 1. The van der Waals surface area contributed by atoms with Gasteiger partial charge in [-0.1, -0.05) is 27.7 Å². The molecular weight excluding hydrogens is 430 g/mol. The average Bonchev–Trinajstić information content (AvgIpc) is 2.85. The predicted octanol–water partition coefficient (Wildman–Crippen LogP) is 3.37. The summed E-state index contributed by atoms with van der Waals surface area (Å²) in [6.07, 6.45) is 4.81. The van der Waals surface area contributed by atoms with Crippen molar-refractivity contribution >= 4 is 33.9 Å². The molecule has 0 spiro atoms. The highest BCUT2D eigenvalue weighted by Gasteiger charge is 2.12. The Morgan fingerprint density at radius 2 is 1.82 bits per heavy atom. The molecule has 0 aliphatic heterocycles. The maximum atomic E-state index is 6.12. The molecule has 186 valence electrons. The van der Waals surface area contributed by atoms with Crippen molar-refractivity contribution in [3.8, 4) is 0 Å². The van der Waals surface area contributed by atoms with Crippen molar-refractivity contribution in [3.05, 3.63) is 54.1 Å². The number of pyridine rings is 3. The molecule has 3 rings (SSSR count). The van der Waals surface area contributed by atoms with Crippen molar-refractivity contribution in [1.82, 2.24) is 25.3 Å². The lowest BCUT2D eigenvalue weighted by molar-refractivity contribution is 0.170. The number of nitrogens with one attached hydrogen (secondary N) is 2. The first-order valence-corrected chi connectivity index (χ1v) is 11.3. The van der Waals surface area contributed by atoms with Crippen LogP contribution in [0.1, 0.15) is 45.0 Å². The Kier molecular flexibility index (Phi) is 12.3. The Morgan fingerprint density at radius 3 is 2.41 bits per heavy atom.